The predicted molar refractivity (Wildman–Crippen MR) is 88.1 cm³/mol. The summed E-state index contributed by atoms with van der Waals surface area (Å²) in [7, 11) is 0. The lowest BCUT2D eigenvalue weighted by molar-refractivity contribution is -0.143. The van der Waals surface area contributed by atoms with Crippen molar-refractivity contribution in [2.45, 2.75) is 44.0 Å². The summed E-state index contributed by atoms with van der Waals surface area (Å²) in [5, 5.41) is 42.0. The van der Waals surface area contributed by atoms with Crippen LogP contribution in [0.25, 0.3) is 0 Å². The second kappa shape index (κ2) is 11.8. The van der Waals surface area contributed by atoms with Crippen LogP contribution in [0.4, 0.5) is 0 Å². The van der Waals surface area contributed by atoms with Crippen molar-refractivity contribution < 1.29 is 44.4 Å². The Morgan fingerprint density at radius 1 is 1.00 bits per heavy atom. The Kier molecular flexibility index (Phi) is 10.6. The molecule has 0 spiro atoms. The maximum Gasteiger partial charge on any atom is 0.326 e. The molecule has 0 saturated heterocycles. The third-order valence-electron chi connectivity index (χ3n) is 3.34. The minimum atomic E-state index is -1.46. The van der Waals surface area contributed by atoms with E-state index in [1.54, 1.807) is 0 Å². The van der Waals surface area contributed by atoms with Crippen LogP contribution in [0.15, 0.2) is 0 Å². The Labute approximate surface area is 153 Å². The van der Waals surface area contributed by atoms with Crippen molar-refractivity contribution in [1.82, 2.24) is 16.0 Å². The highest BCUT2D eigenvalue weighted by molar-refractivity contribution is 5.92. The van der Waals surface area contributed by atoms with Crippen LogP contribution in [0.2, 0.25) is 0 Å². The van der Waals surface area contributed by atoms with Gasteiger partial charge in [0.1, 0.15) is 18.1 Å². The number of hydrogen-bond donors (Lipinski definition) is 8. The fraction of sp³-hybridized carbons (Fsp3) is 0.643. The van der Waals surface area contributed by atoms with E-state index in [0.29, 0.717) is 0 Å². The molecule has 0 bridgehead atoms. The molecule has 0 aromatic heterocycles. The number of nitrogens with two attached hydrogens (primary N) is 1. The summed E-state index contributed by atoms with van der Waals surface area (Å²) in [5.41, 5.74) is 5.38. The molecule has 154 valence electrons. The summed E-state index contributed by atoms with van der Waals surface area (Å²) in [6, 6.07) is -4.24. The van der Waals surface area contributed by atoms with Crippen LogP contribution in [-0.4, -0.2) is 87.5 Å². The lowest BCUT2D eigenvalue weighted by Crippen LogP contribution is -2.56. The first-order chi connectivity index (χ1) is 12.5. The number of aliphatic carboxylic acids is 2. The van der Waals surface area contributed by atoms with Crippen molar-refractivity contribution >= 4 is 29.7 Å². The van der Waals surface area contributed by atoms with Gasteiger partial charge in [0, 0.05) is 6.42 Å². The Morgan fingerprint density at radius 2 is 1.59 bits per heavy atom. The van der Waals surface area contributed by atoms with E-state index in [0.717, 1.165) is 0 Å². The van der Waals surface area contributed by atoms with Crippen molar-refractivity contribution in [3.63, 3.8) is 0 Å². The molecule has 0 heterocycles. The molecule has 27 heavy (non-hydrogen) atoms. The zero-order valence-electron chi connectivity index (χ0n) is 14.5. The SMILES string of the molecule is CC(O)C(N)C(=O)NC(CO)C(=O)NCC(=O)NC(CCC(=O)O)C(=O)O. The molecule has 0 aliphatic carbocycles. The van der Waals surface area contributed by atoms with Gasteiger partial charge in [0.25, 0.3) is 0 Å². The number of carbonyl (C=O) groups excluding carboxylic acids is 3. The monoisotopic (exact) mass is 392 g/mol. The Hall–Kier alpha value is -2.77. The largest absolute Gasteiger partial charge is 0.481 e. The van der Waals surface area contributed by atoms with Crippen LogP contribution >= 0.6 is 0 Å². The number of carboxylic acid groups (broad SMARTS) is 2. The minimum absolute atomic E-state index is 0.350. The molecular weight excluding hydrogens is 368 g/mol. The molecular formula is C14H24N4O9. The molecule has 0 saturated carbocycles. The van der Waals surface area contributed by atoms with Crippen molar-refractivity contribution in [1.29, 1.82) is 0 Å². The summed E-state index contributed by atoms with van der Waals surface area (Å²) < 4.78 is 0. The second-order valence-electron chi connectivity index (χ2n) is 5.62. The van der Waals surface area contributed by atoms with Gasteiger partial charge in [-0.25, -0.2) is 4.79 Å². The molecule has 0 radical (unpaired) electrons. The van der Waals surface area contributed by atoms with E-state index in [1.807, 2.05) is 5.32 Å². The van der Waals surface area contributed by atoms with Gasteiger partial charge < -0.3 is 42.1 Å². The van der Waals surface area contributed by atoms with Crippen molar-refractivity contribution in [2.24, 2.45) is 5.73 Å². The lowest BCUT2D eigenvalue weighted by atomic mass is 10.1. The van der Waals surface area contributed by atoms with Crippen molar-refractivity contribution in [3.05, 3.63) is 0 Å². The normalized spacial score (nSPS) is 15.0. The van der Waals surface area contributed by atoms with Gasteiger partial charge in [-0.05, 0) is 13.3 Å². The van der Waals surface area contributed by atoms with Crippen LogP contribution in [0, 0.1) is 0 Å². The number of carbonyl (C=O) groups is 5. The predicted octanol–water partition coefficient (Wildman–Crippen LogP) is -4.28. The third kappa shape index (κ3) is 9.48. The van der Waals surface area contributed by atoms with E-state index >= 15 is 0 Å². The van der Waals surface area contributed by atoms with Gasteiger partial charge in [-0.1, -0.05) is 0 Å². The zero-order valence-corrected chi connectivity index (χ0v) is 14.5. The average molecular weight is 392 g/mol. The fourth-order valence-corrected chi connectivity index (χ4v) is 1.74. The maximum absolute atomic E-state index is 11.9. The Balaban J connectivity index is 4.58. The summed E-state index contributed by atoms with van der Waals surface area (Å²) in [6.07, 6.45) is -2.03. The smallest absolute Gasteiger partial charge is 0.326 e. The maximum atomic E-state index is 11.9. The standard InChI is InChI=1S/C14H24N4O9/c1-6(20)11(15)13(25)18-8(5-19)12(24)16-4-9(21)17-7(14(26)27)2-3-10(22)23/h6-8,11,19-20H,2-5,15H2,1H3,(H,16,24)(H,17,21)(H,18,25)(H,22,23)(H,26,27). The number of aliphatic hydroxyl groups excluding tert-OH is 2. The molecule has 3 amide bonds. The van der Waals surface area contributed by atoms with Gasteiger partial charge in [0.15, 0.2) is 0 Å². The zero-order chi connectivity index (χ0) is 21.1. The highest BCUT2D eigenvalue weighted by Crippen LogP contribution is 1.98. The summed E-state index contributed by atoms with van der Waals surface area (Å²) in [5.74, 6) is -5.44. The Bertz CT molecular complexity index is 567. The van der Waals surface area contributed by atoms with Gasteiger partial charge in [0.05, 0.1) is 19.3 Å². The summed E-state index contributed by atoms with van der Waals surface area (Å²) in [4.78, 5) is 56.7. The number of hydrogen-bond acceptors (Lipinski definition) is 8. The average Bonchev–Trinajstić information content (AvgIpc) is 2.59. The van der Waals surface area contributed by atoms with E-state index in [1.165, 1.54) is 6.92 Å². The number of rotatable bonds is 12. The second-order valence-corrected chi connectivity index (χ2v) is 5.62. The summed E-state index contributed by atoms with van der Waals surface area (Å²) >= 11 is 0. The Morgan fingerprint density at radius 3 is 2.04 bits per heavy atom. The molecule has 13 heteroatoms. The molecule has 0 fully saturated rings. The number of nitrogens with one attached hydrogen (secondary N) is 3. The topological polar surface area (TPSA) is 228 Å². The first-order valence-corrected chi connectivity index (χ1v) is 7.86. The molecule has 0 aromatic rings. The van der Waals surface area contributed by atoms with Gasteiger partial charge in [-0.15, -0.1) is 0 Å². The van der Waals surface area contributed by atoms with Crippen molar-refractivity contribution in [3.8, 4) is 0 Å². The highest BCUT2D eigenvalue weighted by atomic mass is 16.4. The van der Waals surface area contributed by atoms with E-state index in [2.05, 4.69) is 10.6 Å². The number of aliphatic hydroxyl groups is 2. The van der Waals surface area contributed by atoms with E-state index < -0.39 is 73.5 Å². The molecule has 4 unspecified atom stereocenters. The van der Waals surface area contributed by atoms with E-state index in [4.69, 9.17) is 21.1 Å². The van der Waals surface area contributed by atoms with E-state index in [9.17, 15) is 29.1 Å². The first kappa shape index (κ1) is 24.2. The quantitative estimate of drug-likeness (QED) is 0.159. The van der Waals surface area contributed by atoms with Crippen molar-refractivity contribution in [2.75, 3.05) is 13.2 Å². The third-order valence-corrected chi connectivity index (χ3v) is 3.34. The first-order valence-electron chi connectivity index (χ1n) is 7.86. The molecule has 4 atom stereocenters. The molecule has 0 aliphatic rings. The lowest BCUT2D eigenvalue weighted by Gasteiger charge is -2.20. The van der Waals surface area contributed by atoms with Crippen LogP contribution in [0.3, 0.4) is 0 Å². The van der Waals surface area contributed by atoms with Gasteiger partial charge in [-0.2, -0.15) is 0 Å². The molecule has 13 nitrogen and oxygen atoms in total. The van der Waals surface area contributed by atoms with E-state index in [-0.39, 0.29) is 6.42 Å². The van der Waals surface area contributed by atoms with Crippen LogP contribution in [-0.2, 0) is 24.0 Å². The molecule has 0 aliphatic heterocycles. The van der Waals surface area contributed by atoms with Gasteiger partial charge >= 0.3 is 11.9 Å². The van der Waals surface area contributed by atoms with Crippen LogP contribution < -0.4 is 21.7 Å². The molecule has 0 rings (SSSR count). The van der Waals surface area contributed by atoms with Gasteiger partial charge in [0.2, 0.25) is 17.7 Å². The minimum Gasteiger partial charge on any atom is -0.481 e. The van der Waals surface area contributed by atoms with Crippen LogP contribution in [0.5, 0.6) is 0 Å². The van der Waals surface area contributed by atoms with Gasteiger partial charge in [-0.3, -0.25) is 19.2 Å². The molecule has 0 aromatic carbocycles. The highest BCUT2D eigenvalue weighted by Gasteiger charge is 2.26. The number of amides is 3. The summed E-state index contributed by atoms with van der Waals surface area (Å²) in [6.45, 7) is -0.238. The van der Waals surface area contributed by atoms with Crippen LogP contribution in [0.1, 0.15) is 19.8 Å². The fourth-order valence-electron chi connectivity index (χ4n) is 1.74. The number of carboxylic acids is 2. The molecule has 9 N–H and O–H groups in total.